The molecule has 2 atom stereocenters. The molecule has 0 aromatic heterocycles. The highest BCUT2D eigenvalue weighted by Crippen LogP contribution is 2.44. The number of aliphatic hydroxyl groups excluding tert-OH is 1. The van der Waals surface area contributed by atoms with E-state index in [1.165, 1.54) is 0 Å². The zero-order valence-electron chi connectivity index (χ0n) is 12.7. The summed E-state index contributed by atoms with van der Waals surface area (Å²) in [4.78, 5) is 14.2. The molecule has 22 heavy (non-hydrogen) atoms. The van der Waals surface area contributed by atoms with E-state index in [4.69, 9.17) is 22.7 Å². The number of hydrogen-bond acceptors (Lipinski definition) is 4. The van der Waals surface area contributed by atoms with Gasteiger partial charge in [-0.05, 0) is 38.5 Å². The zero-order valence-corrected chi connectivity index (χ0v) is 13.5. The molecule has 1 fully saturated rings. The largest absolute Gasteiger partial charge is 0.485 e. The van der Waals surface area contributed by atoms with Crippen LogP contribution in [0.5, 0.6) is 5.75 Å². The van der Waals surface area contributed by atoms with Crippen LogP contribution in [0, 0.1) is 0 Å². The molecule has 1 saturated heterocycles. The van der Waals surface area contributed by atoms with Gasteiger partial charge in [-0.3, -0.25) is 4.79 Å². The standard InChI is InChI=1S/C16H20N2O3S/c1-16(2)14(20)13(18-7-3-4-12(18)19)10-8-9(15(17)22)5-6-11(10)21-16/h5-6,8,13-14,20H,3-4,7H2,1-2H3,(H2,17,22)/t13?,14-/m0/s1. The van der Waals surface area contributed by atoms with Crippen molar-refractivity contribution in [1.29, 1.82) is 0 Å². The minimum absolute atomic E-state index is 0.0634. The fraction of sp³-hybridized carbons (Fsp3) is 0.500. The third kappa shape index (κ3) is 2.36. The van der Waals surface area contributed by atoms with Crippen molar-refractivity contribution in [3.8, 4) is 5.75 Å². The molecule has 5 nitrogen and oxygen atoms in total. The van der Waals surface area contributed by atoms with E-state index in [1.54, 1.807) is 11.0 Å². The average Bonchev–Trinajstić information content (AvgIpc) is 2.85. The molecular weight excluding hydrogens is 300 g/mol. The molecule has 0 saturated carbocycles. The molecule has 1 aromatic carbocycles. The van der Waals surface area contributed by atoms with E-state index in [0.717, 1.165) is 12.0 Å². The molecule has 1 unspecified atom stereocenters. The normalized spacial score (nSPS) is 26.5. The number of ether oxygens (including phenoxy) is 1. The molecule has 3 N–H and O–H groups in total. The molecule has 0 bridgehead atoms. The van der Waals surface area contributed by atoms with Crippen LogP contribution in [0.1, 0.15) is 43.9 Å². The van der Waals surface area contributed by atoms with Gasteiger partial charge in [0, 0.05) is 24.1 Å². The summed E-state index contributed by atoms with van der Waals surface area (Å²) in [5.74, 6) is 0.730. The van der Waals surface area contributed by atoms with Gasteiger partial charge in [0.25, 0.3) is 0 Å². The van der Waals surface area contributed by atoms with Gasteiger partial charge < -0.3 is 20.5 Å². The molecule has 2 heterocycles. The Bertz CT molecular complexity index is 644. The summed E-state index contributed by atoms with van der Waals surface area (Å²) < 4.78 is 5.92. The predicted octanol–water partition coefficient (Wildman–Crippen LogP) is 1.52. The molecule has 0 spiro atoms. The second-order valence-corrected chi connectivity index (χ2v) is 6.84. The summed E-state index contributed by atoms with van der Waals surface area (Å²) in [6, 6.07) is 5.01. The van der Waals surface area contributed by atoms with E-state index >= 15 is 0 Å². The van der Waals surface area contributed by atoms with Crippen molar-refractivity contribution in [3.05, 3.63) is 29.3 Å². The smallest absolute Gasteiger partial charge is 0.223 e. The number of nitrogens with zero attached hydrogens (tertiary/aromatic N) is 1. The number of carbonyl (C=O) groups is 1. The van der Waals surface area contributed by atoms with E-state index in [0.29, 0.717) is 24.3 Å². The van der Waals surface area contributed by atoms with Crippen LogP contribution >= 0.6 is 12.2 Å². The van der Waals surface area contributed by atoms with Crippen molar-refractivity contribution in [2.24, 2.45) is 5.73 Å². The number of carbonyl (C=O) groups excluding carboxylic acids is 1. The monoisotopic (exact) mass is 320 g/mol. The number of rotatable bonds is 2. The highest BCUT2D eigenvalue weighted by Gasteiger charge is 2.47. The van der Waals surface area contributed by atoms with E-state index in [-0.39, 0.29) is 10.9 Å². The van der Waals surface area contributed by atoms with Crippen LogP contribution < -0.4 is 10.5 Å². The molecule has 3 rings (SSSR count). The summed E-state index contributed by atoms with van der Waals surface area (Å²) in [7, 11) is 0. The molecule has 1 amide bonds. The van der Waals surface area contributed by atoms with Gasteiger partial charge in [-0.15, -0.1) is 0 Å². The maximum Gasteiger partial charge on any atom is 0.223 e. The SMILES string of the molecule is CC1(C)Oc2ccc(C(N)=S)cc2C(N2CCCC2=O)[C@@H]1O. The lowest BCUT2D eigenvalue weighted by Crippen LogP contribution is -2.53. The minimum atomic E-state index is -0.816. The number of hydrogen-bond donors (Lipinski definition) is 2. The maximum atomic E-state index is 12.2. The molecule has 1 aromatic rings. The Kier molecular flexibility index (Phi) is 3.61. The Labute approximate surface area is 135 Å². The van der Waals surface area contributed by atoms with Crippen molar-refractivity contribution in [2.75, 3.05) is 6.54 Å². The summed E-state index contributed by atoms with van der Waals surface area (Å²) in [5.41, 5.74) is 6.42. The number of thiocarbonyl (C=S) groups is 1. The van der Waals surface area contributed by atoms with Crippen LogP contribution in [0.25, 0.3) is 0 Å². The highest BCUT2D eigenvalue weighted by molar-refractivity contribution is 7.80. The second kappa shape index (κ2) is 5.21. The third-order valence-electron chi connectivity index (χ3n) is 4.44. The van der Waals surface area contributed by atoms with Gasteiger partial charge in [-0.1, -0.05) is 12.2 Å². The average molecular weight is 320 g/mol. The van der Waals surface area contributed by atoms with Crippen molar-refractivity contribution in [1.82, 2.24) is 4.90 Å². The van der Waals surface area contributed by atoms with Crippen LogP contribution in [0.3, 0.4) is 0 Å². The van der Waals surface area contributed by atoms with Crippen molar-refractivity contribution >= 4 is 23.1 Å². The molecule has 0 aliphatic carbocycles. The Morgan fingerprint density at radius 3 is 2.82 bits per heavy atom. The number of fused-ring (bicyclic) bond motifs is 1. The Balaban J connectivity index is 2.12. The highest BCUT2D eigenvalue weighted by atomic mass is 32.1. The lowest BCUT2D eigenvalue weighted by atomic mass is 9.85. The van der Waals surface area contributed by atoms with E-state index in [1.807, 2.05) is 26.0 Å². The number of likely N-dealkylation sites (tertiary alicyclic amines) is 1. The van der Waals surface area contributed by atoms with Gasteiger partial charge in [0.1, 0.15) is 22.4 Å². The zero-order chi connectivity index (χ0) is 16.1. The topological polar surface area (TPSA) is 75.8 Å². The molecule has 6 heteroatoms. The van der Waals surface area contributed by atoms with Crippen molar-refractivity contribution in [2.45, 2.75) is 44.4 Å². The molecule has 2 aliphatic rings. The van der Waals surface area contributed by atoms with Crippen LogP contribution in [-0.2, 0) is 4.79 Å². The van der Waals surface area contributed by atoms with Gasteiger partial charge in [0.05, 0.1) is 6.04 Å². The van der Waals surface area contributed by atoms with Gasteiger partial charge in [0.2, 0.25) is 5.91 Å². The molecular formula is C16H20N2O3S. The third-order valence-corrected chi connectivity index (χ3v) is 4.68. The minimum Gasteiger partial charge on any atom is -0.485 e. The number of benzene rings is 1. The van der Waals surface area contributed by atoms with E-state index < -0.39 is 17.7 Å². The quantitative estimate of drug-likeness (QED) is 0.808. The molecule has 2 aliphatic heterocycles. The van der Waals surface area contributed by atoms with Crippen LogP contribution in [0.4, 0.5) is 0 Å². The molecule has 118 valence electrons. The van der Waals surface area contributed by atoms with Gasteiger partial charge in [-0.25, -0.2) is 0 Å². The Morgan fingerprint density at radius 1 is 1.50 bits per heavy atom. The first kappa shape index (κ1) is 15.2. The predicted molar refractivity (Wildman–Crippen MR) is 86.7 cm³/mol. The fourth-order valence-electron chi connectivity index (χ4n) is 3.22. The lowest BCUT2D eigenvalue weighted by molar-refractivity contribution is -0.139. The maximum absolute atomic E-state index is 12.2. The first-order valence-electron chi connectivity index (χ1n) is 7.41. The first-order valence-corrected chi connectivity index (χ1v) is 7.82. The summed E-state index contributed by atoms with van der Waals surface area (Å²) in [6.45, 7) is 4.30. The summed E-state index contributed by atoms with van der Waals surface area (Å²) >= 11 is 5.03. The van der Waals surface area contributed by atoms with Gasteiger partial charge in [0.15, 0.2) is 0 Å². The molecule has 0 radical (unpaired) electrons. The first-order chi connectivity index (χ1) is 10.3. The van der Waals surface area contributed by atoms with Crippen LogP contribution in [-0.4, -0.2) is 39.2 Å². The lowest BCUT2D eigenvalue weighted by Gasteiger charge is -2.45. The summed E-state index contributed by atoms with van der Waals surface area (Å²) in [6.07, 6.45) is 0.520. The van der Waals surface area contributed by atoms with Crippen molar-refractivity contribution < 1.29 is 14.6 Å². The Hall–Kier alpha value is -1.66. The van der Waals surface area contributed by atoms with Crippen molar-refractivity contribution in [3.63, 3.8) is 0 Å². The number of amides is 1. The summed E-state index contributed by atoms with van der Waals surface area (Å²) in [5, 5.41) is 10.8. The van der Waals surface area contributed by atoms with E-state index in [2.05, 4.69) is 0 Å². The fourth-order valence-corrected chi connectivity index (χ4v) is 3.35. The number of nitrogens with two attached hydrogens (primary N) is 1. The Morgan fingerprint density at radius 2 is 2.23 bits per heavy atom. The van der Waals surface area contributed by atoms with Crippen LogP contribution in [0.15, 0.2) is 18.2 Å². The van der Waals surface area contributed by atoms with E-state index in [9.17, 15) is 9.90 Å². The van der Waals surface area contributed by atoms with Gasteiger partial charge >= 0.3 is 0 Å². The van der Waals surface area contributed by atoms with Crippen LogP contribution in [0.2, 0.25) is 0 Å². The second-order valence-electron chi connectivity index (χ2n) is 6.40. The number of aliphatic hydroxyl groups is 1. The van der Waals surface area contributed by atoms with Gasteiger partial charge in [-0.2, -0.15) is 0 Å².